The third-order valence-electron chi connectivity index (χ3n) is 4.07. The van der Waals surface area contributed by atoms with Gasteiger partial charge in [-0.1, -0.05) is 0 Å². The van der Waals surface area contributed by atoms with Crippen LogP contribution in [-0.4, -0.2) is 54.7 Å². The van der Waals surface area contributed by atoms with Gasteiger partial charge in [-0.25, -0.2) is 9.78 Å². The average molecular weight is 407 g/mol. The van der Waals surface area contributed by atoms with Crippen LogP contribution in [0.15, 0.2) is 23.6 Å². The van der Waals surface area contributed by atoms with E-state index in [9.17, 15) is 9.59 Å². The van der Waals surface area contributed by atoms with Gasteiger partial charge >= 0.3 is 5.97 Å². The molecule has 1 amide bonds. The molecule has 0 bridgehead atoms. The van der Waals surface area contributed by atoms with Crippen molar-refractivity contribution in [2.45, 2.75) is 39.8 Å². The highest BCUT2D eigenvalue weighted by Gasteiger charge is 2.22. The monoisotopic (exact) mass is 406 g/mol. The Labute approximate surface area is 169 Å². The largest absolute Gasteiger partial charge is 0.493 e. The lowest BCUT2D eigenvalue weighted by molar-refractivity contribution is -0.138. The van der Waals surface area contributed by atoms with Gasteiger partial charge in [0.25, 0.3) is 5.91 Å². The zero-order valence-corrected chi connectivity index (χ0v) is 17.8. The number of ether oxygens (including phenoxy) is 3. The third-order valence-corrected chi connectivity index (χ3v) is 4.96. The first-order chi connectivity index (χ1) is 13.3. The van der Waals surface area contributed by atoms with Crippen molar-refractivity contribution in [3.05, 3.63) is 29.3 Å². The Balaban J connectivity index is 2.07. The van der Waals surface area contributed by atoms with Crippen molar-refractivity contribution in [1.29, 1.82) is 0 Å². The predicted molar refractivity (Wildman–Crippen MR) is 108 cm³/mol. The summed E-state index contributed by atoms with van der Waals surface area (Å²) in [5.41, 5.74) is 0.965. The summed E-state index contributed by atoms with van der Waals surface area (Å²) in [7, 11) is 3.12. The number of hydrogen-bond acceptors (Lipinski definition) is 7. The number of benzene rings is 1. The van der Waals surface area contributed by atoms with E-state index in [1.54, 1.807) is 36.6 Å². The lowest BCUT2D eigenvalue weighted by atomic mass is 10.2. The highest BCUT2D eigenvalue weighted by molar-refractivity contribution is 7.13. The minimum absolute atomic E-state index is 0.0297. The molecule has 1 heterocycles. The molecule has 1 aromatic heterocycles. The number of rotatable bonds is 8. The molecule has 0 aliphatic carbocycles. The van der Waals surface area contributed by atoms with E-state index in [1.165, 1.54) is 11.3 Å². The van der Waals surface area contributed by atoms with Crippen molar-refractivity contribution in [3.8, 4) is 22.1 Å². The Morgan fingerprint density at radius 1 is 1.07 bits per heavy atom. The van der Waals surface area contributed by atoms with Crippen LogP contribution in [0, 0.1) is 0 Å². The fourth-order valence-electron chi connectivity index (χ4n) is 2.92. The second kappa shape index (κ2) is 9.54. The van der Waals surface area contributed by atoms with Crippen molar-refractivity contribution in [3.63, 3.8) is 0 Å². The maximum Gasteiger partial charge on any atom is 0.358 e. The molecule has 152 valence electrons. The molecule has 7 nitrogen and oxygen atoms in total. The van der Waals surface area contributed by atoms with Gasteiger partial charge in [0.1, 0.15) is 5.01 Å². The van der Waals surface area contributed by atoms with Crippen molar-refractivity contribution in [2.75, 3.05) is 20.8 Å². The van der Waals surface area contributed by atoms with Crippen molar-refractivity contribution >= 4 is 23.2 Å². The first-order valence-electron chi connectivity index (χ1n) is 8.94. The van der Waals surface area contributed by atoms with Crippen molar-refractivity contribution < 1.29 is 23.8 Å². The quantitative estimate of drug-likeness (QED) is 0.623. The number of methoxy groups -OCH3 is 2. The van der Waals surface area contributed by atoms with Crippen LogP contribution in [0.4, 0.5) is 0 Å². The Kier molecular flexibility index (Phi) is 7.39. The molecule has 2 aromatic rings. The molecule has 0 saturated carbocycles. The molecule has 0 spiro atoms. The van der Waals surface area contributed by atoms with E-state index in [0.717, 1.165) is 5.56 Å². The SMILES string of the molecule is COc1ccc(-c2nc(C(=O)OCC(=O)N(C(C)C)C(C)C)cs2)cc1OC. The fraction of sp³-hybridized carbons (Fsp3) is 0.450. The van der Waals surface area contributed by atoms with Gasteiger partial charge < -0.3 is 19.1 Å². The van der Waals surface area contributed by atoms with Crippen LogP contribution in [0.3, 0.4) is 0 Å². The number of esters is 1. The molecule has 0 aliphatic rings. The molecule has 0 radical (unpaired) electrons. The highest BCUT2D eigenvalue weighted by atomic mass is 32.1. The van der Waals surface area contributed by atoms with Crippen molar-refractivity contribution in [2.24, 2.45) is 0 Å². The molecule has 0 aliphatic heterocycles. The van der Waals surface area contributed by atoms with Gasteiger partial charge in [-0.05, 0) is 45.9 Å². The Bertz CT molecular complexity index is 824. The molecule has 0 N–H and O–H groups in total. The summed E-state index contributed by atoms with van der Waals surface area (Å²) in [5.74, 6) is 0.339. The molecular formula is C20H26N2O5S. The number of carbonyl (C=O) groups is 2. The molecule has 8 heteroatoms. The van der Waals surface area contributed by atoms with Gasteiger partial charge in [0.2, 0.25) is 0 Å². The van der Waals surface area contributed by atoms with Crippen molar-refractivity contribution in [1.82, 2.24) is 9.88 Å². The van der Waals surface area contributed by atoms with E-state index >= 15 is 0 Å². The number of nitrogens with zero attached hydrogens (tertiary/aromatic N) is 2. The summed E-state index contributed by atoms with van der Waals surface area (Å²) in [4.78, 5) is 30.6. The van der Waals surface area contributed by atoms with Crippen LogP contribution in [0.2, 0.25) is 0 Å². The van der Waals surface area contributed by atoms with E-state index in [2.05, 4.69) is 4.98 Å². The van der Waals surface area contributed by atoms with E-state index in [4.69, 9.17) is 14.2 Å². The molecular weight excluding hydrogens is 380 g/mol. The van der Waals surface area contributed by atoms with Gasteiger partial charge in [0.05, 0.1) is 14.2 Å². The molecule has 28 heavy (non-hydrogen) atoms. The zero-order chi connectivity index (χ0) is 20.8. The normalized spacial score (nSPS) is 10.9. The van der Waals surface area contributed by atoms with Crippen LogP contribution in [0.5, 0.6) is 11.5 Å². The standard InChI is InChI=1S/C20H26N2O5S/c1-12(2)22(13(3)4)18(23)10-27-20(24)15-11-28-19(21-15)14-7-8-16(25-5)17(9-14)26-6/h7-9,11-13H,10H2,1-6H3. The molecule has 0 saturated heterocycles. The smallest absolute Gasteiger partial charge is 0.358 e. The third kappa shape index (κ3) is 5.01. The number of carbonyl (C=O) groups excluding carboxylic acids is 2. The summed E-state index contributed by atoms with van der Waals surface area (Å²) < 4.78 is 15.7. The topological polar surface area (TPSA) is 78.0 Å². The van der Waals surface area contributed by atoms with E-state index < -0.39 is 5.97 Å². The number of hydrogen-bond donors (Lipinski definition) is 0. The van der Waals surface area contributed by atoms with E-state index in [1.807, 2.05) is 33.8 Å². The molecule has 0 fully saturated rings. The van der Waals surface area contributed by atoms with Crippen LogP contribution in [0.1, 0.15) is 38.2 Å². The first-order valence-corrected chi connectivity index (χ1v) is 9.82. The zero-order valence-electron chi connectivity index (χ0n) is 17.0. The second-order valence-corrected chi connectivity index (χ2v) is 7.53. The highest BCUT2D eigenvalue weighted by Crippen LogP contribution is 2.33. The van der Waals surface area contributed by atoms with Crippen LogP contribution >= 0.6 is 11.3 Å². The van der Waals surface area contributed by atoms with Gasteiger partial charge in [0.15, 0.2) is 23.8 Å². The van der Waals surface area contributed by atoms with E-state index in [-0.39, 0.29) is 30.3 Å². The lowest BCUT2D eigenvalue weighted by Crippen LogP contribution is -2.44. The van der Waals surface area contributed by atoms with Crippen LogP contribution < -0.4 is 9.47 Å². The lowest BCUT2D eigenvalue weighted by Gasteiger charge is -2.30. The maximum atomic E-state index is 12.3. The Morgan fingerprint density at radius 2 is 1.71 bits per heavy atom. The second-order valence-electron chi connectivity index (χ2n) is 6.67. The van der Waals surface area contributed by atoms with Gasteiger partial charge in [0, 0.05) is 23.0 Å². The summed E-state index contributed by atoms with van der Waals surface area (Å²) in [6.07, 6.45) is 0. The summed E-state index contributed by atoms with van der Waals surface area (Å²) in [6.45, 7) is 7.40. The summed E-state index contributed by atoms with van der Waals surface area (Å²) >= 11 is 1.31. The van der Waals surface area contributed by atoms with Gasteiger partial charge in [-0.15, -0.1) is 11.3 Å². The number of amides is 1. The van der Waals surface area contributed by atoms with E-state index in [0.29, 0.717) is 16.5 Å². The Morgan fingerprint density at radius 3 is 2.29 bits per heavy atom. The minimum atomic E-state index is -0.621. The molecule has 2 rings (SSSR count). The molecule has 0 unspecified atom stereocenters. The predicted octanol–water partition coefficient (Wildman–Crippen LogP) is 3.63. The maximum absolute atomic E-state index is 12.3. The van der Waals surface area contributed by atoms with Crippen LogP contribution in [0.25, 0.3) is 10.6 Å². The molecule has 1 aromatic carbocycles. The summed E-state index contributed by atoms with van der Waals surface area (Å²) in [5, 5.41) is 2.26. The Hall–Kier alpha value is -2.61. The van der Waals surface area contributed by atoms with Gasteiger partial charge in [-0.2, -0.15) is 0 Å². The minimum Gasteiger partial charge on any atom is -0.493 e. The molecule has 0 atom stereocenters. The summed E-state index contributed by atoms with van der Waals surface area (Å²) in [6, 6.07) is 5.46. The van der Waals surface area contributed by atoms with Gasteiger partial charge in [-0.3, -0.25) is 4.79 Å². The number of aromatic nitrogens is 1. The average Bonchev–Trinajstić information content (AvgIpc) is 3.15. The first kappa shape index (κ1) is 21.7. The fourth-order valence-corrected chi connectivity index (χ4v) is 3.70. The number of thiazole rings is 1. The van der Waals surface area contributed by atoms with Crippen LogP contribution in [-0.2, 0) is 9.53 Å².